The van der Waals surface area contributed by atoms with Gasteiger partial charge in [0.2, 0.25) is 0 Å². The van der Waals surface area contributed by atoms with Crippen molar-refractivity contribution in [1.29, 1.82) is 0 Å². The van der Waals surface area contributed by atoms with Crippen LogP contribution in [0.3, 0.4) is 0 Å². The van der Waals surface area contributed by atoms with Crippen LogP contribution in [0.4, 0.5) is 0 Å². The van der Waals surface area contributed by atoms with Crippen LogP contribution in [0.2, 0.25) is 0 Å². The van der Waals surface area contributed by atoms with Gasteiger partial charge in [0.05, 0.1) is 10.4 Å². The molecule has 0 saturated carbocycles. The largest absolute Gasteiger partial charge is 0.335 e. The maximum Gasteiger partial charge on any atom is 0.0946 e. The molecule has 0 radical (unpaired) electrons. The predicted molar refractivity (Wildman–Crippen MR) is 64.8 cm³/mol. The summed E-state index contributed by atoms with van der Waals surface area (Å²) in [5.41, 5.74) is 0. The van der Waals surface area contributed by atoms with E-state index in [0.29, 0.717) is 4.08 Å². The Hall–Kier alpha value is -0.0900. The summed E-state index contributed by atoms with van der Waals surface area (Å²) in [4.78, 5) is 4.10. The van der Waals surface area contributed by atoms with E-state index in [1.807, 2.05) is 12.5 Å². The third-order valence-corrected chi connectivity index (χ3v) is 5.93. The molecular weight excluding hydrogens is 212 g/mol. The van der Waals surface area contributed by atoms with Crippen molar-refractivity contribution in [2.45, 2.75) is 30.4 Å². The Kier molecular flexibility index (Phi) is 3.44. The second-order valence-electron chi connectivity index (χ2n) is 3.59. The minimum atomic E-state index is 0.426. The van der Waals surface area contributed by atoms with Crippen LogP contribution in [-0.4, -0.2) is 25.1 Å². The van der Waals surface area contributed by atoms with Crippen LogP contribution in [0.5, 0.6) is 0 Å². The fourth-order valence-electron chi connectivity index (χ4n) is 1.85. The minimum absolute atomic E-state index is 0.426. The van der Waals surface area contributed by atoms with Gasteiger partial charge in [-0.1, -0.05) is 13.3 Å². The van der Waals surface area contributed by atoms with Crippen molar-refractivity contribution >= 4 is 23.5 Å². The van der Waals surface area contributed by atoms with Gasteiger partial charge in [-0.15, -0.1) is 23.5 Å². The molecule has 2 rings (SSSR count). The van der Waals surface area contributed by atoms with Gasteiger partial charge in [-0.05, 0) is 6.42 Å². The number of hydrogen-bond donors (Lipinski definition) is 0. The van der Waals surface area contributed by atoms with Crippen LogP contribution in [-0.2, 0) is 6.54 Å². The fraction of sp³-hybridized carbons (Fsp3) is 0.700. The van der Waals surface area contributed by atoms with E-state index in [4.69, 9.17) is 0 Å². The number of aromatic nitrogens is 2. The van der Waals surface area contributed by atoms with Gasteiger partial charge in [0.25, 0.3) is 0 Å². The Morgan fingerprint density at radius 2 is 2.21 bits per heavy atom. The Morgan fingerprint density at radius 1 is 1.43 bits per heavy atom. The molecule has 0 atom stereocenters. The summed E-state index contributed by atoms with van der Waals surface area (Å²) < 4.78 is 2.64. The van der Waals surface area contributed by atoms with Crippen LogP contribution in [0, 0.1) is 0 Å². The molecule has 0 N–H and O–H groups in total. The van der Waals surface area contributed by atoms with Crippen molar-refractivity contribution in [3.8, 4) is 0 Å². The second-order valence-corrected chi connectivity index (χ2v) is 6.81. The van der Waals surface area contributed by atoms with Crippen LogP contribution >= 0.6 is 23.5 Å². The molecule has 78 valence electrons. The summed E-state index contributed by atoms with van der Waals surface area (Å²) in [6.45, 7) is 3.38. The first-order valence-electron chi connectivity index (χ1n) is 5.08. The smallest absolute Gasteiger partial charge is 0.0946 e. The van der Waals surface area contributed by atoms with Crippen LogP contribution in [0.25, 0.3) is 0 Å². The lowest BCUT2D eigenvalue weighted by Crippen LogP contribution is -2.23. The quantitative estimate of drug-likeness (QED) is 0.789. The van der Waals surface area contributed by atoms with Crippen LogP contribution in [0.1, 0.15) is 19.8 Å². The number of rotatable bonds is 4. The highest BCUT2D eigenvalue weighted by molar-refractivity contribution is 8.21. The Labute approximate surface area is 93.9 Å². The number of imidazole rings is 1. The van der Waals surface area contributed by atoms with Gasteiger partial charge >= 0.3 is 0 Å². The second kappa shape index (κ2) is 4.62. The van der Waals surface area contributed by atoms with Crippen molar-refractivity contribution < 1.29 is 0 Å². The molecule has 1 aliphatic rings. The van der Waals surface area contributed by atoms with E-state index in [1.165, 1.54) is 24.3 Å². The molecule has 1 aromatic heterocycles. The highest BCUT2D eigenvalue weighted by Crippen LogP contribution is 2.48. The molecular formula is C10H16N2S2. The highest BCUT2D eigenvalue weighted by atomic mass is 32.2. The van der Waals surface area contributed by atoms with Crippen molar-refractivity contribution in [2.24, 2.45) is 0 Å². The predicted octanol–water partition coefficient (Wildman–Crippen LogP) is 2.86. The third-order valence-electron chi connectivity index (χ3n) is 2.43. The number of thioether (sulfide) groups is 2. The van der Waals surface area contributed by atoms with Gasteiger partial charge in [-0.25, -0.2) is 4.98 Å². The Morgan fingerprint density at radius 3 is 2.79 bits per heavy atom. The average molecular weight is 228 g/mol. The van der Waals surface area contributed by atoms with Crippen molar-refractivity contribution in [2.75, 3.05) is 11.5 Å². The topological polar surface area (TPSA) is 17.8 Å². The normalized spacial score (nSPS) is 20.1. The first-order valence-corrected chi connectivity index (χ1v) is 7.05. The fourth-order valence-corrected chi connectivity index (χ4v) is 5.27. The lowest BCUT2D eigenvalue weighted by atomic mass is 10.2. The third kappa shape index (κ3) is 2.28. The van der Waals surface area contributed by atoms with Crippen molar-refractivity contribution in [1.82, 2.24) is 9.55 Å². The summed E-state index contributed by atoms with van der Waals surface area (Å²) in [5.74, 6) is 2.61. The first-order chi connectivity index (χ1) is 6.85. The Bertz CT molecular complexity index is 266. The molecule has 2 heterocycles. The average Bonchev–Trinajstić information content (AvgIpc) is 2.78. The van der Waals surface area contributed by atoms with E-state index >= 15 is 0 Å². The number of hydrogen-bond acceptors (Lipinski definition) is 3. The molecule has 4 heteroatoms. The summed E-state index contributed by atoms with van der Waals surface area (Å²) in [6.07, 6.45) is 8.44. The Balaban J connectivity index is 2.04. The zero-order valence-corrected chi connectivity index (χ0v) is 10.1. The van der Waals surface area contributed by atoms with Crippen molar-refractivity contribution in [3.63, 3.8) is 0 Å². The molecule has 0 bridgehead atoms. The monoisotopic (exact) mass is 228 g/mol. The van der Waals surface area contributed by atoms with Crippen molar-refractivity contribution in [3.05, 3.63) is 18.7 Å². The lowest BCUT2D eigenvalue weighted by molar-refractivity contribution is 0.586. The van der Waals surface area contributed by atoms with Gasteiger partial charge < -0.3 is 4.57 Å². The molecule has 1 saturated heterocycles. The lowest BCUT2D eigenvalue weighted by Gasteiger charge is -2.27. The molecule has 0 aliphatic carbocycles. The van der Waals surface area contributed by atoms with E-state index in [0.717, 1.165) is 6.54 Å². The number of nitrogens with zero attached hydrogens (tertiary/aromatic N) is 2. The molecule has 0 spiro atoms. The van der Waals surface area contributed by atoms with Gasteiger partial charge in [0.15, 0.2) is 0 Å². The summed E-state index contributed by atoms with van der Waals surface area (Å²) in [5, 5.41) is 0. The molecule has 0 aromatic carbocycles. The highest BCUT2D eigenvalue weighted by Gasteiger charge is 2.34. The van der Waals surface area contributed by atoms with Crippen LogP contribution < -0.4 is 0 Å². The van der Waals surface area contributed by atoms with E-state index in [-0.39, 0.29) is 0 Å². The first kappa shape index (κ1) is 10.4. The minimum Gasteiger partial charge on any atom is -0.335 e. The van der Waals surface area contributed by atoms with E-state index in [2.05, 4.69) is 46.2 Å². The summed E-state index contributed by atoms with van der Waals surface area (Å²) in [6, 6.07) is 0. The van der Waals surface area contributed by atoms with Crippen LogP contribution in [0.15, 0.2) is 18.7 Å². The zero-order valence-electron chi connectivity index (χ0n) is 8.48. The van der Waals surface area contributed by atoms with Gasteiger partial charge in [-0.2, -0.15) is 0 Å². The molecule has 2 nitrogen and oxygen atoms in total. The van der Waals surface area contributed by atoms with Gasteiger partial charge in [-0.3, -0.25) is 0 Å². The molecule has 0 amide bonds. The van der Waals surface area contributed by atoms with E-state index < -0.39 is 0 Å². The summed E-state index contributed by atoms with van der Waals surface area (Å²) >= 11 is 4.25. The SMILES string of the molecule is CCCC1(Cn2ccnc2)SCCS1. The van der Waals surface area contributed by atoms with E-state index in [9.17, 15) is 0 Å². The molecule has 0 unspecified atom stereocenters. The molecule has 1 aliphatic heterocycles. The van der Waals surface area contributed by atoms with Gasteiger partial charge in [0, 0.05) is 30.4 Å². The molecule has 1 aromatic rings. The maximum atomic E-state index is 4.10. The summed E-state index contributed by atoms with van der Waals surface area (Å²) in [7, 11) is 0. The zero-order chi connectivity index (χ0) is 9.86. The maximum absolute atomic E-state index is 4.10. The standard InChI is InChI=1S/C10H16N2S2/c1-2-3-10(13-6-7-14-10)8-12-5-4-11-9-12/h4-5,9H,2-3,6-8H2,1H3. The van der Waals surface area contributed by atoms with Gasteiger partial charge in [0.1, 0.15) is 0 Å². The molecule has 14 heavy (non-hydrogen) atoms. The molecule has 1 fully saturated rings. The van der Waals surface area contributed by atoms with E-state index in [1.54, 1.807) is 0 Å².